The molecule has 0 bridgehead atoms. The van der Waals surface area contributed by atoms with E-state index < -0.39 is 10.5 Å². The van der Waals surface area contributed by atoms with Crippen molar-refractivity contribution in [2.75, 3.05) is 6.61 Å². The third-order valence-corrected chi connectivity index (χ3v) is 3.38. The maximum Gasteiger partial charge on any atom is 0.270 e. The van der Waals surface area contributed by atoms with Gasteiger partial charge in [-0.15, -0.1) is 0 Å². The van der Waals surface area contributed by atoms with Gasteiger partial charge in [0, 0.05) is 30.4 Å². The summed E-state index contributed by atoms with van der Waals surface area (Å²) in [4.78, 5) is 22.1. The van der Waals surface area contributed by atoms with Crippen molar-refractivity contribution < 1.29 is 14.8 Å². The topological polar surface area (TPSA) is 92.5 Å². The van der Waals surface area contributed by atoms with E-state index >= 15 is 0 Å². The summed E-state index contributed by atoms with van der Waals surface area (Å²) in [6, 6.07) is 6.05. The predicted octanol–water partition coefficient (Wildman–Crippen LogP) is 2.28. The first-order chi connectivity index (χ1) is 9.90. The largest absolute Gasteiger partial charge is 0.396 e. The van der Waals surface area contributed by atoms with E-state index in [0.717, 1.165) is 0 Å². The van der Waals surface area contributed by atoms with Crippen molar-refractivity contribution in [1.29, 1.82) is 0 Å². The predicted molar refractivity (Wildman–Crippen MR) is 80.7 cm³/mol. The molecule has 6 heteroatoms. The Bertz CT molecular complexity index is 542. The van der Waals surface area contributed by atoms with Crippen LogP contribution in [0.1, 0.15) is 32.3 Å². The van der Waals surface area contributed by atoms with Crippen molar-refractivity contribution in [3.63, 3.8) is 0 Å². The highest BCUT2D eigenvalue weighted by Gasteiger charge is 2.22. The number of rotatable bonds is 7. The maximum atomic E-state index is 11.9. The molecule has 0 saturated heterocycles. The van der Waals surface area contributed by atoms with Gasteiger partial charge in [-0.05, 0) is 31.4 Å². The smallest absolute Gasteiger partial charge is 0.270 e. The van der Waals surface area contributed by atoms with E-state index in [-0.39, 0.29) is 18.2 Å². The molecule has 0 fully saturated rings. The Morgan fingerprint density at radius 1 is 1.52 bits per heavy atom. The molecule has 6 nitrogen and oxygen atoms in total. The molecule has 1 atom stereocenters. The van der Waals surface area contributed by atoms with Crippen LogP contribution >= 0.6 is 0 Å². The van der Waals surface area contributed by atoms with Gasteiger partial charge >= 0.3 is 0 Å². The second-order valence-electron chi connectivity index (χ2n) is 5.06. The average molecular weight is 292 g/mol. The Morgan fingerprint density at radius 3 is 2.81 bits per heavy atom. The van der Waals surface area contributed by atoms with Gasteiger partial charge in [-0.2, -0.15) is 0 Å². The number of nitrogens with zero attached hydrogens (tertiary/aromatic N) is 1. The van der Waals surface area contributed by atoms with Gasteiger partial charge in [0.1, 0.15) is 0 Å². The van der Waals surface area contributed by atoms with E-state index in [1.165, 1.54) is 24.3 Å². The molecule has 0 heterocycles. The number of nitro benzene ring substituents is 1. The molecule has 1 amide bonds. The third-order valence-electron chi connectivity index (χ3n) is 3.38. The van der Waals surface area contributed by atoms with Crippen LogP contribution in [-0.4, -0.2) is 28.1 Å². The number of amides is 1. The van der Waals surface area contributed by atoms with Gasteiger partial charge in [-0.25, -0.2) is 0 Å². The number of aliphatic hydroxyl groups is 1. The zero-order chi connectivity index (χ0) is 15.9. The lowest BCUT2D eigenvalue weighted by Crippen LogP contribution is -2.45. The van der Waals surface area contributed by atoms with Gasteiger partial charge < -0.3 is 10.4 Å². The molecule has 1 unspecified atom stereocenters. The van der Waals surface area contributed by atoms with Crippen LogP contribution < -0.4 is 5.32 Å². The van der Waals surface area contributed by atoms with Crippen molar-refractivity contribution >= 4 is 17.7 Å². The number of nitrogens with one attached hydrogen (secondary N) is 1. The lowest BCUT2D eigenvalue weighted by molar-refractivity contribution is -0.384. The Kier molecular flexibility index (Phi) is 6.05. The van der Waals surface area contributed by atoms with E-state index in [9.17, 15) is 14.9 Å². The van der Waals surface area contributed by atoms with Crippen molar-refractivity contribution in [3.05, 3.63) is 46.0 Å². The number of hydrogen-bond acceptors (Lipinski definition) is 4. The Hall–Kier alpha value is -2.21. The first-order valence-corrected chi connectivity index (χ1v) is 6.76. The minimum Gasteiger partial charge on any atom is -0.396 e. The Labute approximate surface area is 123 Å². The van der Waals surface area contributed by atoms with E-state index in [4.69, 9.17) is 5.11 Å². The molecule has 1 aromatic carbocycles. The molecular formula is C15H20N2O4. The molecule has 0 saturated carbocycles. The summed E-state index contributed by atoms with van der Waals surface area (Å²) in [6.45, 7) is 3.79. The van der Waals surface area contributed by atoms with Crippen molar-refractivity contribution in [1.82, 2.24) is 5.32 Å². The zero-order valence-corrected chi connectivity index (χ0v) is 12.2. The van der Waals surface area contributed by atoms with Crippen LogP contribution in [0.5, 0.6) is 0 Å². The Morgan fingerprint density at radius 2 is 2.24 bits per heavy atom. The maximum absolute atomic E-state index is 11.9. The minimum atomic E-state index is -0.479. The molecule has 0 radical (unpaired) electrons. The van der Waals surface area contributed by atoms with Crippen LogP contribution in [0.25, 0.3) is 6.08 Å². The molecule has 0 aliphatic rings. The van der Waals surface area contributed by atoms with Crippen LogP contribution in [0.15, 0.2) is 30.3 Å². The van der Waals surface area contributed by atoms with Crippen LogP contribution in [0, 0.1) is 10.1 Å². The van der Waals surface area contributed by atoms with Crippen LogP contribution in [0.2, 0.25) is 0 Å². The quantitative estimate of drug-likeness (QED) is 0.458. The molecular weight excluding hydrogens is 272 g/mol. The molecule has 1 rings (SSSR count). The van der Waals surface area contributed by atoms with Crippen molar-refractivity contribution in [3.8, 4) is 0 Å². The lowest BCUT2D eigenvalue weighted by Gasteiger charge is -2.28. The summed E-state index contributed by atoms with van der Waals surface area (Å²) in [6.07, 6.45) is 4.03. The highest BCUT2D eigenvalue weighted by Crippen LogP contribution is 2.15. The van der Waals surface area contributed by atoms with E-state index in [1.54, 1.807) is 12.1 Å². The number of carbonyl (C=O) groups is 1. The first-order valence-electron chi connectivity index (χ1n) is 6.76. The molecule has 114 valence electrons. The highest BCUT2D eigenvalue weighted by atomic mass is 16.6. The van der Waals surface area contributed by atoms with Crippen LogP contribution in [-0.2, 0) is 4.79 Å². The fourth-order valence-electron chi connectivity index (χ4n) is 1.83. The molecule has 0 aliphatic heterocycles. The SMILES string of the molecule is CCC(C)(CCO)NC(=O)/C=C/c1cccc([N+](=O)[O-])c1. The van der Waals surface area contributed by atoms with Gasteiger partial charge in [0.2, 0.25) is 5.91 Å². The number of nitro groups is 1. The number of hydrogen-bond donors (Lipinski definition) is 2. The number of aliphatic hydroxyl groups excluding tert-OH is 1. The van der Waals surface area contributed by atoms with Crippen molar-refractivity contribution in [2.24, 2.45) is 0 Å². The summed E-state index contributed by atoms with van der Waals surface area (Å²) >= 11 is 0. The number of non-ortho nitro benzene ring substituents is 1. The van der Waals surface area contributed by atoms with Gasteiger partial charge in [-0.3, -0.25) is 14.9 Å². The van der Waals surface area contributed by atoms with Crippen molar-refractivity contribution in [2.45, 2.75) is 32.2 Å². The molecule has 0 aliphatic carbocycles. The fraction of sp³-hybridized carbons (Fsp3) is 0.400. The Balaban J connectivity index is 2.74. The minimum absolute atomic E-state index is 0.000780. The summed E-state index contributed by atoms with van der Waals surface area (Å²) in [5.74, 6) is -0.292. The second kappa shape index (κ2) is 7.54. The third kappa shape index (κ3) is 5.35. The first kappa shape index (κ1) is 16.8. The summed E-state index contributed by atoms with van der Waals surface area (Å²) < 4.78 is 0. The van der Waals surface area contributed by atoms with Gasteiger partial charge in [0.15, 0.2) is 0 Å². The average Bonchev–Trinajstić information content (AvgIpc) is 2.45. The summed E-state index contributed by atoms with van der Waals surface area (Å²) in [7, 11) is 0. The zero-order valence-electron chi connectivity index (χ0n) is 12.2. The molecule has 0 spiro atoms. The highest BCUT2D eigenvalue weighted by molar-refractivity contribution is 5.92. The summed E-state index contributed by atoms with van der Waals surface area (Å²) in [5.41, 5.74) is 0.106. The van der Waals surface area contributed by atoms with Gasteiger partial charge in [0.05, 0.1) is 4.92 Å². The molecule has 21 heavy (non-hydrogen) atoms. The van der Waals surface area contributed by atoms with E-state index in [0.29, 0.717) is 18.4 Å². The molecule has 0 aromatic heterocycles. The second-order valence-corrected chi connectivity index (χ2v) is 5.06. The fourth-order valence-corrected chi connectivity index (χ4v) is 1.83. The molecule has 1 aromatic rings. The summed E-state index contributed by atoms with van der Waals surface area (Å²) in [5, 5.41) is 22.5. The standard InChI is InChI=1S/C15H20N2O4/c1-3-15(2,9-10-18)16-14(19)8-7-12-5-4-6-13(11-12)17(20)21/h4-8,11,18H,3,9-10H2,1-2H3,(H,16,19)/b8-7+. The number of benzene rings is 1. The van der Waals surface area contributed by atoms with Crippen LogP contribution in [0.4, 0.5) is 5.69 Å². The number of carbonyl (C=O) groups excluding carboxylic acids is 1. The van der Waals surface area contributed by atoms with Gasteiger partial charge in [-0.1, -0.05) is 19.1 Å². The monoisotopic (exact) mass is 292 g/mol. The lowest BCUT2D eigenvalue weighted by atomic mass is 9.95. The van der Waals surface area contributed by atoms with Crippen LogP contribution in [0.3, 0.4) is 0 Å². The normalized spacial score (nSPS) is 13.9. The van der Waals surface area contributed by atoms with E-state index in [1.807, 2.05) is 13.8 Å². The van der Waals surface area contributed by atoms with Gasteiger partial charge in [0.25, 0.3) is 5.69 Å². The van der Waals surface area contributed by atoms with E-state index in [2.05, 4.69) is 5.32 Å². The molecule has 2 N–H and O–H groups in total.